The minimum atomic E-state index is -4.72. The van der Waals surface area contributed by atoms with Crippen LogP contribution in [0, 0.1) is 0 Å². The molecule has 1 fully saturated rings. The topological polar surface area (TPSA) is 24.5 Å². The zero-order valence-electron chi connectivity index (χ0n) is 11.9. The van der Waals surface area contributed by atoms with Gasteiger partial charge in [0.15, 0.2) is 0 Å². The number of nitrogens with one attached hydrogen (secondary N) is 1. The molecule has 22 heavy (non-hydrogen) atoms. The predicted molar refractivity (Wildman–Crippen MR) is 78.1 cm³/mol. The first-order chi connectivity index (χ1) is 9.99. The second-order valence-electron chi connectivity index (χ2n) is 4.90. The highest BCUT2D eigenvalue weighted by Crippen LogP contribution is 2.30. The number of hydrogen-bond acceptors (Lipinski definition) is 3. The van der Waals surface area contributed by atoms with E-state index in [1.165, 1.54) is 18.2 Å². The summed E-state index contributed by atoms with van der Waals surface area (Å²) in [7, 11) is 0. The molecule has 1 saturated heterocycles. The van der Waals surface area contributed by atoms with Crippen molar-refractivity contribution in [2.75, 3.05) is 32.9 Å². The minimum absolute atomic E-state index is 0. The molecule has 1 aliphatic rings. The van der Waals surface area contributed by atoms with E-state index in [0.717, 1.165) is 26.2 Å². The maximum absolute atomic E-state index is 12.8. The quantitative estimate of drug-likeness (QED) is 0.831. The van der Waals surface area contributed by atoms with E-state index in [1.54, 1.807) is 6.07 Å². The van der Waals surface area contributed by atoms with E-state index in [2.05, 4.69) is 15.0 Å². The van der Waals surface area contributed by atoms with Gasteiger partial charge in [0, 0.05) is 32.2 Å². The van der Waals surface area contributed by atoms with Crippen molar-refractivity contribution >= 4 is 12.4 Å². The van der Waals surface area contributed by atoms with Gasteiger partial charge < -0.3 is 10.1 Å². The van der Waals surface area contributed by atoms with Crippen LogP contribution in [-0.4, -0.2) is 44.1 Å². The smallest absolute Gasteiger partial charge is 0.406 e. The SMILES string of the molecule is Cl.FCC[C@H](c1cccc(OC(F)(F)F)c1)N1CCNCC1. The Balaban J connectivity index is 0.00000242. The summed E-state index contributed by atoms with van der Waals surface area (Å²) in [5, 5.41) is 3.20. The second kappa shape index (κ2) is 8.55. The van der Waals surface area contributed by atoms with Crippen molar-refractivity contribution in [1.82, 2.24) is 10.2 Å². The van der Waals surface area contributed by atoms with Crippen LogP contribution in [0.1, 0.15) is 18.0 Å². The van der Waals surface area contributed by atoms with Gasteiger partial charge in [-0.05, 0) is 24.1 Å². The Morgan fingerprint density at radius 2 is 1.91 bits per heavy atom. The lowest BCUT2D eigenvalue weighted by atomic mass is 10.0. The van der Waals surface area contributed by atoms with Crippen molar-refractivity contribution in [3.8, 4) is 5.75 Å². The van der Waals surface area contributed by atoms with Gasteiger partial charge in [-0.25, -0.2) is 0 Å². The first-order valence-electron chi connectivity index (χ1n) is 6.86. The lowest BCUT2D eigenvalue weighted by molar-refractivity contribution is -0.274. The number of alkyl halides is 4. The third-order valence-electron chi connectivity index (χ3n) is 3.45. The maximum Gasteiger partial charge on any atom is 0.573 e. The Bertz CT molecular complexity index is 453. The molecule has 8 heteroatoms. The average molecular weight is 343 g/mol. The van der Waals surface area contributed by atoms with Crippen LogP contribution < -0.4 is 10.1 Å². The molecule has 0 amide bonds. The van der Waals surface area contributed by atoms with Crippen LogP contribution in [0.3, 0.4) is 0 Å². The Morgan fingerprint density at radius 3 is 2.50 bits per heavy atom. The third kappa shape index (κ3) is 5.62. The first-order valence-corrected chi connectivity index (χ1v) is 6.86. The molecule has 0 unspecified atom stereocenters. The fraction of sp³-hybridized carbons (Fsp3) is 0.571. The Labute approximate surface area is 133 Å². The van der Waals surface area contributed by atoms with E-state index in [1.807, 2.05) is 0 Å². The molecule has 1 aromatic carbocycles. The molecule has 126 valence electrons. The molecule has 1 aliphatic heterocycles. The molecule has 1 atom stereocenters. The van der Waals surface area contributed by atoms with Crippen LogP contribution in [0.4, 0.5) is 17.6 Å². The number of ether oxygens (including phenoxy) is 1. The molecule has 0 aliphatic carbocycles. The largest absolute Gasteiger partial charge is 0.573 e. The zero-order chi connectivity index (χ0) is 15.3. The Hall–Kier alpha value is -1.05. The summed E-state index contributed by atoms with van der Waals surface area (Å²) in [6.45, 7) is 2.56. The maximum atomic E-state index is 12.8. The summed E-state index contributed by atoms with van der Waals surface area (Å²) in [5.74, 6) is -0.265. The number of nitrogens with zero attached hydrogens (tertiary/aromatic N) is 1. The molecule has 3 nitrogen and oxygen atoms in total. The van der Waals surface area contributed by atoms with Crippen molar-refractivity contribution in [3.63, 3.8) is 0 Å². The highest BCUT2D eigenvalue weighted by Gasteiger charge is 2.31. The van der Waals surface area contributed by atoms with Crippen molar-refractivity contribution in [2.45, 2.75) is 18.8 Å². The number of halogens is 5. The van der Waals surface area contributed by atoms with E-state index in [9.17, 15) is 17.6 Å². The molecular weight excluding hydrogens is 324 g/mol. The molecule has 0 spiro atoms. The standard InChI is InChI=1S/C14H18F4N2O.ClH/c15-5-4-13(20-8-6-19-7-9-20)11-2-1-3-12(10-11)21-14(16,17)18;/h1-3,10,13,19H,4-9H2;1H/t13-;/m1./s1. The molecule has 1 N–H and O–H groups in total. The minimum Gasteiger partial charge on any atom is -0.406 e. The number of hydrogen-bond donors (Lipinski definition) is 1. The van der Waals surface area contributed by atoms with Crippen LogP contribution in [0.2, 0.25) is 0 Å². The van der Waals surface area contributed by atoms with Gasteiger partial charge in [-0.2, -0.15) is 0 Å². The lowest BCUT2D eigenvalue weighted by Crippen LogP contribution is -2.45. The fourth-order valence-corrected chi connectivity index (χ4v) is 2.58. The van der Waals surface area contributed by atoms with E-state index >= 15 is 0 Å². The second-order valence-corrected chi connectivity index (χ2v) is 4.90. The fourth-order valence-electron chi connectivity index (χ4n) is 2.58. The van der Waals surface area contributed by atoms with E-state index in [4.69, 9.17) is 0 Å². The van der Waals surface area contributed by atoms with Gasteiger partial charge in [-0.3, -0.25) is 9.29 Å². The molecule has 1 heterocycles. The van der Waals surface area contributed by atoms with Crippen LogP contribution in [-0.2, 0) is 0 Å². The average Bonchev–Trinajstić information content (AvgIpc) is 2.44. The summed E-state index contributed by atoms with van der Waals surface area (Å²) in [6, 6.07) is 5.58. The van der Waals surface area contributed by atoms with Gasteiger partial charge >= 0.3 is 6.36 Å². The molecular formula is C14H19ClF4N2O. The Kier molecular flexibility index (Phi) is 7.38. The van der Waals surface area contributed by atoms with Gasteiger partial charge in [0.25, 0.3) is 0 Å². The van der Waals surface area contributed by atoms with Crippen LogP contribution in [0.25, 0.3) is 0 Å². The molecule has 0 bridgehead atoms. The summed E-state index contributed by atoms with van der Waals surface area (Å²) in [5.41, 5.74) is 0.649. The van der Waals surface area contributed by atoms with Crippen LogP contribution >= 0.6 is 12.4 Å². The van der Waals surface area contributed by atoms with Crippen molar-refractivity contribution in [3.05, 3.63) is 29.8 Å². The molecule has 0 saturated carbocycles. The number of rotatable bonds is 5. The van der Waals surface area contributed by atoms with Crippen LogP contribution in [0.15, 0.2) is 24.3 Å². The highest BCUT2D eigenvalue weighted by molar-refractivity contribution is 5.85. The first kappa shape index (κ1) is 19.0. The molecule has 1 aromatic rings. The molecule has 0 aromatic heterocycles. The van der Waals surface area contributed by atoms with Gasteiger partial charge in [-0.15, -0.1) is 25.6 Å². The van der Waals surface area contributed by atoms with Crippen molar-refractivity contribution in [2.24, 2.45) is 0 Å². The van der Waals surface area contributed by atoms with Gasteiger partial charge in [0.2, 0.25) is 0 Å². The third-order valence-corrected chi connectivity index (χ3v) is 3.45. The number of piperazine rings is 1. The van der Waals surface area contributed by atoms with E-state index in [0.29, 0.717) is 5.56 Å². The van der Waals surface area contributed by atoms with Crippen molar-refractivity contribution < 1.29 is 22.3 Å². The molecule has 2 rings (SSSR count). The normalized spacial score (nSPS) is 17.6. The Morgan fingerprint density at radius 1 is 1.23 bits per heavy atom. The summed E-state index contributed by atoms with van der Waals surface area (Å²) in [6.07, 6.45) is -4.46. The summed E-state index contributed by atoms with van der Waals surface area (Å²) >= 11 is 0. The monoisotopic (exact) mass is 342 g/mol. The lowest BCUT2D eigenvalue weighted by Gasteiger charge is -2.35. The van der Waals surface area contributed by atoms with Gasteiger partial charge in [0.05, 0.1) is 6.67 Å². The number of benzene rings is 1. The van der Waals surface area contributed by atoms with Crippen molar-refractivity contribution in [1.29, 1.82) is 0 Å². The molecule has 0 radical (unpaired) electrons. The summed E-state index contributed by atoms with van der Waals surface area (Å²) in [4.78, 5) is 2.09. The van der Waals surface area contributed by atoms with Crippen LogP contribution in [0.5, 0.6) is 5.75 Å². The highest BCUT2D eigenvalue weighted by atomic mass is 35.5. The van der Waals surface area contributed by atoms with E-state index < -0.39 is 13.0 Å². The summed E-state index contributed by atoms with van der Waals surface area (Å²) < 4.78 is 53.6. The van der Waals surface area contributed by atoms with Gasteiger partial charge in [0.1, 0.15) is 5.75 Å². The van der Waals surface area contributed by atoms with E-state index in [-0.39, 0.29) is 30.6 Å². The predicted octanol–water partition coefficient (Wildman–Crippen LogP) is 3.31. The van der Waals surface area contributed by atoms with Gasteiger partial charge in [-0.1, -0.05) is 12.1 Å². The zero-order valence-corrected chi connectivity index (χ0v) is 12.7.